The predicted octanol–water partition coefficient (Wildman–Crippen LogP) is 4.59. The normalized spacial score (nSPS) is 10.4. The van der Waals surface area contributed by atoms with Gasteiger partial charge in [-0.25, -0.2) is 9.97 Å². The minimum atomic E-state index is 0.671. The Bertz CT molecular complexity index is 546. The molecule has 1 heterocycles. The third-order valence-corrected chi connectivity index (χ3v) is 3.09. The monoisotopic (exact) mass is 325 g/mol. The van der Waals surface area contributed by atoms with Crippen LogP contribution >= 0.6 is 27.5 Å². The summed E-state index contributed by atoms with van der Waals surface area (Å²) in [5.41, 5.74) is 0.840. The molecule has 0 aliphatic heterocycles. The maximum Gasteiger partial charge on any atom is 0.135 e. The van der Waals surface area contributed by atoms with E-state index < -0.39 is 0 Å². The summed E-state index contributed by atoms with van der Waals surface area (Å²) in [5.74, 6) is 1.56. The van der Waals surface area contributed by atoms with E-state index in [0.717, 1.165) is 34.8 Å². The molecule has 0 spiro atoms. The van der Waals surface area contributed by atoms with E-state index in [0.29, 0.717) is 5.02 Å². The summed E-state index contributed by atoms with van der Waals surface area (Å²) < 4.78 is 0.774. The summed E-state index contributed by atoms with van der Waals surface area (Å²) in [7, 11) is 0. The second kappa shape index (κ2) is 6.16. The van der Waals surface area contributed by atoms with Gasteiger partial charge in [0.1, 0.15) is 16.2 Å². The molecule has 1 aromatic heterocycles. The molecule has 0 unspecified atom stereocenters. The molecule has 0 saturated carbocycles. The second-order valence-electron chi connectivity index (χ2n) is 3.85. The van der Waals surface area contributed by atoms with Crippen LogP contribution in [0.5, 0.6) is 0 Å². The van der Waals surface area contributed by atoms with Crippen molar-refractivity contribution >= 4 is 39.0 Å². The summed E-state index contributed by atoms with van der Waals surface area (Å²) in [6, 6.07) is 9.41. The van der Waals surface area contributed by atoms with Crippen LogP contribution in [-0.2, 0) is 6.42 Å². The van der Waals surface area contributed by atoms with Gasteiger partial charge in [0.25, 0.3) is 0 Å². The lowest BCUT2D eigenvalue weighted by molar-refractivity contribution is 0.831. The molecule has 0 radical (unpaired) electrons. The van der Waals surface area contributed by atoms with Gasteiger partial charge in [0, 0.05) is 12.5 Å². The van der Waals surface area contributed by atoms with Gasteiger partial charge in [-0.05, 0) is 34.5 Å². The molecule has 0 aliphatic rings. The van der Waals surface area contributed by atoms with Crippen molar-refractivity contribution in [2.75, 3.05) is 5.32 Å². The first-order chi connectivity index (χ1) is 8.69. The van der Waals surface area contributed by atoms with E-state index in [2.05, 4.69) is 38.1 Å². The lowest BCUT2D eigenvalue weighted by Crippen LogP contribution is -2.00. The van der Waals surface area contributed by atoms with Crippen LogP contribution < -0.4 is 5.32 Å². The first-order valence-electron chi connectivity index (χ1n) is 5.74. The predicted molar refractivity (Wildman–Crippen MR) is 78.5 cm³/mol. The summed E-state index contributed by atoms with van der Waals surface area (Å²) >= 11 is 9.49. The Labute approximate surface area is 120 Å². The third kappa shape index (κ3) is 3.43. The van der Waals surface area contributed by atoms with Crippen LogP contribution in [0.15, 0.2) is 34.9 Å². The number of benzene rings is 1. The molecule has 3 nitrogen and oxygen atoms in total. The molecule has 0 atom stereocenters. The van der Waals surface area contributed by atoms with E-state index in [-0.39, 0.29) is 0 Å². The van der Waals surface area contributed by atoms with Crippen LogP contribution in [0.3, 0.4) is 0 Å². The Morgan fingerprint density at radius 1 is 1.28 bits per heavy atom. The van der Waals surface area contributed by atoms with Crippen molar-refractivity contribution in [3.05, 3.63) is 45.8 Å². The molecular weight excluding hydrogens is 314 g/mol. The lowest BCUT2D eigenvalue weighted by Gasteiger charge is -2.09. The van der Waals surface area contributed by atoms with Crippen molar-refractivity contribution in [3.8, 4) is 0 Å². The van der Waals surface area contributed by atoms with Crippen molar-refractivity contribution in [1.82, 2.24) is 9.97 Å². The summed E-state index contributed by atoms with van der Waals surface area (Å²) in [6.07, 6.45) is 1.87. The molecule has 2 rings (SSSR count). The van der Waals surface area contributed by atoms with Crippen LogP contribution in [0, 0.1) is 0 Å². The number of halogens is 2. The van der Waals surface area contributed by atoms with Crippen molar-refractivity contribution in [2.24, 2.45) is 0 Å². The van der Waals surface area contributed by atoms with Gasteiger partial charge in [-0.1, -0.05) is 30.7 Å². The van der Waals surface area contributed by atoms with Gasteiger partial charge in [-0.15, -0.1) is 0 Å². The molecule has 0 saturated heterocycles. The number of hydrogen-bond acceptors (Lipinski definition) is 3. The topological polar surface area (TPSA) is 37.8 Å². The molecule has 0 amide bonds. The van der Waals surface area contributed by atoms with Gasteiger partial charge in [0.05, 0.1) is 10.7 Å². The van der Waals surface area contributed by atoms with Gasteiger partial charge in [0.2, 0.25) is 0 Å². The number of para-hydroxylation sites is 1. The molecular formula is C13H13BrClN3. The van der Waals surface area contributed by atoms with Crippen LogP contribution in [0.1, 0.15) is 19.2 Å². The number of aromatic nitrogens is 2. The average molecular weight is 327 g/mol. The number of anilines is 2. The van der Waals surface area contributed by atoms with E-state index in [1.165, 1.54) is 0 Å². The zero-order valence-electron chi connectivity index (χ0n) is 9.95. The SMILES string of the molecule is CCCc1nc(Br)cc(Nc2ccccc2Cl)n1. The zero-order valence-corrected chi connectivity index (χ0v) is 12.3. The third-order valence-electron chi connectivity index (χ3n) is 2.35. The Morgan fingerprint density at radius 2 is 2.06 bits per heavy atom. The Balaban J connectivity index is 2.26. The van der Waals surface area contributed by atoms with E-state index in [1.54, 1.807) is 0 Å². The van der Waals surface area contributed by atoms with E-state index in [4.69, 9.17) is 11.6 Å². The summed E-state index contributed by atoms with van der Waals surface area (Å²) in [5, 5.41) is 3.87. The molecule has 5 heteroatoms. The Hall–Kier alpha value is -1.13. The molecule has 94 valence electrons. The first kappa shape index (κ1) is 13.3. The number of hydrogen-bond donors (Lipinski definition) is 1. The van der Waals surface area contributed by atoms with Crippen LogP contribution in [-0.4, -0.2) is 9.97 Å². The average Bonchev–Trinajstić information content (AvgIpc) is 2.32. The van der Waals surface area contributed by atoms with Crippen molar-refractivity contribution in [1.29, 1.82) is 0 Å². The molecule has 0 aliphatic carbocycles. The van der Waals surface area contributed by atoms with Crippen molar-refractivity contribution in [3.63, 3.8) is 0 Å². The molecule has 0 fully saturated rings. The number of nitrogens with one attached hydrogen (secondary N) is 1. The molecule has 18 heavy (non-hydrogen) atoms. The van der Waals surface area contributed by atoms with Crippen LogP contribution in [0.2, 0.25) is 5.02 Å². The summed E-state index contributed by atoms with van der Waals surface area (Å²) in [4.78, 5) is 8.77. The van der Waals surface area contributed by atoms with Crippen molar-refractivity contribution < 1.29 is 0 Å². The largest absolute Gasteiger partial charge is 0.339 e. The Morgan fingerprint density at radius 3 is 2.78 bits per heavy atom. The zero-order chi connectivity index (χ0) is 13.0. The van der Waals surface area contributed by atoms with E-state index >= 15 is 0 Å². The number of nitrogens with zero attached hydrogens (tertiary/aromatic N) is 2. The molecule has 1 N–H and O–H groups in total. The standard InChI is InChI=1S/C13H13BrClN3/c1-2-5-12-17-11(14)8-13(18-12)16-10-7-4-3-6-9(10)15/h3-4,6-8H,2,5H2,1H3,(H,16,17,18). The fraction of sp³-hybridized carbons (Fsp3) is 0.231. The van der Waals surface area contributed by atoms with Gasteiger partial charge in [-0.2, -0.15) is 0 Å². The fourth-order valence-corrected chi connectivity index (χ4v) is 2.17. The maximum absolute atomic E-state index is 6.10. The van der Waals surface area contributed by atoms with Crippen LogP contribution in [0.4, 0.5) is 11.5 Å². The van der Waals surface area contributed by atoms with Gasteiger partial charge in [0.15, 0.2) is 0 Å². The summed E-state index contributed by atoms with van der Waals surface area (Å²) in [6.45, 7) is 2.10. The first-order valence-corrected chi connectivity index (χ1v) is 6.91. The van der Waals surface area contributed by atoms with Gasteiger partial charge in [-0.3, -0.25) is 0 Å². The number of aryl methyl sites for hydroxylation is 1. The van der Waals surface area contributed by atoms with Gasteiger partial charge < -0.3 is 5.32 Å². The van der Waals surface area contributed by atoms with E-state index in [9.17, 15) is 0 Å². The molecule has 2 aromatic rings. The quantitative estimate of drug-likeness (QED) is 0.835. The Kier molecular flexibility index (Phi) is 4.55. The highest BCUT2D eigenvalue weighted by atomic mass is 79.9. The van der Waals surface area contributed by atoms with Crippen LogP contribution in [0.25, 0.3) is 0 Å². The second-order valence-corrected chi connectivity index (χ2v) is 5.07. The highest BCUT2D eigenvalue weighted by molar-refractivity contribution is 9.10. The minimum absolute atomic E-state index is 0.671. The lowest BCUT2D eigenvalue weighted by atomic mass is 10.3. The minimum Gasteiger partial charge on any atom is -0.339 e. The van der Waals surface area contributed by atoms with Crippen molar-refractivity contribution in [2.45, 2.75) is 19.8 Å². The molecule has 1 aromatic carbocycles. The molecule has 0 bridgehead atoms. The van der Waals surface area contributed by atoms with E-state index in [1.807, 2.05) is 30.3 Å². The smallest absolute Gasteiger partial charge is 0.135 e. The highest BCUT2D eigenvalue weighted by Crippen LogP contribution is 2.25. The fourth-order valence-electron chi connectivity index (χ4n) is 1.56. The maximum atomic E-state index is 6.10. The van der Waals surface area contributed by atoms with Gasteiger partial charge >= 0.3 is 0 Å². The number of rotatable bonds is 4. The highest BCUT2D eigenvalue weighted by Gasteiger charge is 2.04.